The first kappa shape index (κ1) is 15.8. The zero-order valence-corrected chi connectivity index (χ0v) is 14.0. The summed E-state index contributed by atoms with van der Waals surface area (Å²) in [5.41, 5.74) is 2.25. The van der Waals surface area contributed by atoms with Crippen molar-refractivity contribution in [3.8, 4) is 0 Å². The van der Waals surface area contributed by atoms with E-state index >= 15 is 0 Å². The van der Waals surface area contributed by atoms with Gasteiger partial charge in [0.1, 0.15) is 5.15 Å². The second-order valence-corrected chi connectivity index (χ2v) is 6.72. The van der Waals surface area contributed by atoms with E-state index in [9.17, 15) is 0 Å². The van der Waals surface area contributed by atoms with Gasteiger partial charge in [0.15, 0.2) is 0 Å². The Morgan fingerprint density at radius 3 is 2.80 bits per heavy atom. The first-order valence-electron chi connectivity index (χ1n) is 7.38. The maximum Gasteiger partial charge on any atom is 0.131 e. The van der Waals surface area contributed by atoms with Gasteiger partial charge in [-0.25, -0.2) is 0 Å². The molecule has 0 radical (unpaired) electrons. The fourth-order valence-corrected chi connectivity index (χ4v) is 3.20. The van der Waals surface area contributed by atoms with Crippen molar-refractivity contribution in [2.24, 2.45) is 7.05 Å². The molecule has 0 bridgehead atoms. The van der Waals surface area contributed by atoms with E-state index in [-0.39, 0.29) is 5.60 Å². The summed E-state index contributed by atoms with van der Waals surface area (Å²) in [6.07, 6.45) is 3.06. The van der Waals surface area contributed by atoms with Gasteiger partial charge in [-0.05, 0) is 40.2 Å². The van der Waals surface area contributed by atoms with Gasteiger partial charge >= 0.3 is 0 Å². The molecule has 0 amide bonds. The van der Waals surface area contributed by atoms with Crippen LogP contribution in [-0.2, 0) is 24.8 Å². The van der Waals surface area contributed by atoms with Crippen LogP contribution in [0.1, 0.15) is 44.9 Å². The Morgan fingerprint density at radius 1 is 1.50 bits per heavy atom. The Morgan fingerprint density at radius 2 is 2.20 bits per heavy atom. The third-order valence-corrected chi connectivity index (χ3v) is 4.66. The minimum atomic E-state index is -0.0243. The number of aromatic nitrogens is 2. The summed E-state index contributed by atoms with van der Waals surface area (Å²) in [5.74, 6) is 0. The lowest BCUT2D eigenvalue weighted by Crippen LogP contribution is -2.44. The molecule has 0 saturated carbocycles. The van der Waals surface area contributed by atoms with Crippen LogP contribution in [0.5, 0.6) is 0 Å². The van der Waals surface area contributed by atoms with Gasteiger partial charge in [-0.15, -0.1) is 0 Å². The van der Waals surface area contributed by atoms with Gasteiger partial charge in [0.2, 0.25) is 0 Å². The van der Waals surface area contributed by atoms with Gasteiger partial charge in [-0.2, -0.15) is 5.10 Å². The number of hydrogen-bond donors (Lipinski definition) is 0. The third-order valence-electron chi connectivity index (χ3n) is 4.19. The highest BCUT2D eigenvalue weighted by Crippen LogP contribution is 2.29. The maximum atomic E-state index is 6.38. The van der Waals surface area contributed by atoms with Crippen molar-refractivity contribution >= 4 is 11.6 Å². The van der Waals surface area contributed by atoms with Crippen molar-refractivity contribution < 1.29 is 4.74 Å². The maximum absolute atomic E-state index is 6.38. The molecule has 0 aliphatic carbocycles. The highest BCUT2D eigenvalue weighted by molar-refractivity contribution is 6.30. The number of rotatable bonds is 4. The second kappa shape index (κ2) is 6.04. The lowest BCUT2D eigenvalue weighted by Gasteiger charge is -2.39. The molecule has 0 spiro atoms. The average Bonchev–Trinajstić information content (AvgIpc) is 2.65. The van der Waals surface area contributed by atoms with E-state index in [0.29, 0.717) is 6.04 Å². The van der Waals surface area contributed by atoms with Crippen molar-refractivity contribution in [1.29, 1.82) is 0 Å². The van der Waals surface area contributed by atoms with Crippen LogP contribution < -0.4 is 0 Å². The molecule has 0 N–H and O–H groups in total. The molecule has 114 valence electrons. The zero-order chi connectivity index (χ0) is 14.9. The lowest BCUT2D eigenvalue weighted by atomic mass is 9.93. The first-order chi connectivity index (χ1) is 9.34. The first-order valence-corrected chi connectivity index (χ1v) is 7.76. The van der Waals surface area contributed by atoms with E-state index in [0.717, 1.165) is 43.3 Å². The van der Waals surface area contributed by atoms with Gasteiger partial charge in [-0.1, -0.05) is 18.5 Å². The fraction of sp³-hybridized carbons (Fsp3) is 0.800. The van der Waals surface area contributed by atoms with Gasteiger partial charge in [-0.3, -0.25) is 9.58 Å². The molecule has 1 saturated heterocycles. The van der Waals surface area contributed by atoms with Crippen molar-refractivity contribution in [2.75, 3.05) is 13.7 Å². The number of ether oxygens (including phenoxy) is 1. The topological polar surface area (TPSA) is 30.3 Å². The standard InChI is InChI=1S/C15H26ClN3O/c1-6-13-12(14(16)19(5)17-13)10-18(4)11-7-8-20-15(2,3)9-11/h11H,6-10H2,1-5H3/t11-/m1/s1. The Balaban J connectivity index is 2.10. The monoisotopic (exact) mass is 299 g/mol. The van der Waals surface area contributed by atoms with Crippen LogP contribution in [0.3, 0.4) is 0 Å². The molecule has 0 aromatic carbocycles. The third kappa shape index (κ3) is 3.35. The predicted molar refractivity (Wildman–Crippen MR) is 82.1 cm³/mol. The normalized spacial score (nSPS) is 22.4. The summed E-state index contributed by atoms with van der Waals surface area (Å²) in [6.45, 7) is 8.16. The van der Waals surface area contributed by atoms with Crippen molar-refractivity contribution in [3.63, 3.8) is 0 Å². The second-order valence-electron chi connectivity index (χ2n) is 6.36. The Labute approximate surface area is 127 Å². The van der Waals surface area contributed by atoms with E-state index in [1.165, 1.54) is 5.56 Å². The van der Waals surface area contributed by atoms with Crippen LogP contribution in [-0.4, -0.2) is 40.0 Å². The minimum absolute atomic E-state index is 0.0243. The van der Waals surface area contributed by atoms with Crippen molar-refractivity contribution in [3.05, 3.63) is 16.4 Å². The molecule has 2 rings (SSSR count). The molecule has 1 fully saturated rings. The molecule has 1 atom stereocenters. The number of hydrogen-bond acceptors (Lipinski definition) is 3. The van der Waals surface area contributed by atoms with Crippen molar-refractivity contribution in [1.82, 2.24) is 14.7 Å². The molecule has 1 aromatic heterocycles. The van der Waals surface area contributed by atoms with E-state index in [1.807, 2.05) is 7.05 Å². The molecular weight excluding hydrogens is 274 g/mol. The van der Waals surface area contributed by atoms with Gasteiger partial charge in [0.05, 0.1) is 11.3 Å². The largest absolute Gasteiger partial charge is 0.375 e. The molecule has 5 heteroatoms. The number of nitrogens with zero attached hydrogens (tertiary/aromatic N) is 3. The molecule has 20 heavy (non-hydrogen) atoms. The van der Waals surface area contributed by atoms with Gasteiger partial charge in [0, 0.05) is 31.8 Å². The van der Waals surface area contributed by atoms with Crippen LogP contribution >= 0.6 is 11.6 Å². The minimum Gasteiger partial charge on any atom is -0.375 e. The Kier molecular flexibility index (Phi) is 4.77. The summed E-state index contributed by atoms with van der Waals surface area (Å²) in [5, 5.41) is 5.25. The number of halogens is 1. The van der Waals surface area contributed by atoms with Crippen LogP contribution in [0.25, 0.3) is 0 Å². The van der Waals surface area contributed by atoms with E-state index in [4.69, 9.17) is 16.3 Å². The molecule has 0 unspecified atom stereocenters. The molecule has 2 heterocycles. The molecule has 1 aliphatic rings. The summed E-state index contributed by atoms with van der Waals surface area (Å²) in [7, 11) is 4.08. The van der Waals surface area contributed by atoms with Gasteiger partial charge < -0.3 is 4.74 Å². The summed E-state index contributed by atoms with van der Waals surface area (Å²) >= 11 is 6.38. The van der Waals surface area contributed by atoms with Crippen molar-refractivity contribution in [2.45, 2.75) is 58.2 Å². The molecule has 1 aromatic rings. The average molecular weight is 300 g/mol. The summed E-state index contributed by atoms with van der Waals surface area (Å²) in [4.78, 5) is 2.40. The smallest absolute Gasteiger partial charge is 0.131 e. The van der Waals surface area contributed by atoms with Gasteiger partial charge in [0.25, 0.3) is 0 Å². The molecular formula is C15H26ClN3O. The highest BCUT2D eigenvalue weighted by atomic mass is 35.5. The van der Waals surface area contributed by atoms with Crippen LogP contribution in [0.15, 0.2) is 0 Å². The van der Waals surface area contributed by atoms with Crippen LogP contribution in [0.4, 0.5) is 0 Å². The quantitative estimate of drug-likeness (QED) is 0.856. The van der Waals surface area contributed by atoms with Crippen LogP contribution in [0.2, 0.25) is 5.15 Å². The van der Waals surface area contributed by atoms with Crippen LogP contribution in [0, 0.1) is 0 Å². The Bertz CT molecular complexity index is 470. The molecule has 1 aliphatic heterocycles. The molecule has 4 nitrogen and oxygen atoms in total. The van der Waals surface area contributed by atoms with E-state index in [1.54, 1.807) is 4.68 Å². The predicted octanol–water partition coefficient (Wildman–Crippen LogP) is 3.03. The number of aryl methyl sites for hydroxylation is 2. The lowest BCUT2D eigenvalue weighted by molar-refractivity contribution is -0.0809. The van der Waals surface area contributed by atoms with E-state index in [2.05, 4.69) is 37.8 Å². The SMILES string of the molecule is CCc1nn(C)c(Cl)c1CN(C)[C@@H]1CCOC(C)(C)C1. The van der Waals surface area contributed by atoms with E-state index < -0.39 is 0 Å². The fourth-order valence-electron chi connectivity index (χ4n) is 2.99. The zero-order valence-electron chi connectivity index (χ0n) is 13.2. The summed E-state index contributed by atoms with van der Waals surface area (Å²) in [6, 6.07) is 0.541. The Hall–Kier alpha value is -0.580. The summed E-state index contributed by atoms with van der Waals surface area (Å²) < 4.78 is 7.57. The highest BCUT2D eigenvalue weighted by Gasteiger charge is 2.31.